The Morgan fingerprint density at radius 3 is 2.07 bits per heavy atom. The summed E-state index contributed by atoms with van der Waals surface area (Å²) in [6.07, 6.45) is 6.12. The summed E-state index contributed by atoms with van der Waals surface area (Å²) in [4.78, 5) is 5.32. The first kappa shape index (κ1) is 21.0. The van der Waals surface area contributed by atoms with Gasteiger partial charge in [-0.3, -0.25) is 4.90 Å². The highest BCUT2D eigenvalue weighted by atomic mass is 16.5. The van der Waals surface area contributed by atoms with E-state index in [9.17, 15) is 0 Å². The number of benzene rings is 2. The molecule has 2 aromatic rings. The van der Waals surface area contributed by atoms with Crippen LogP contribution in [0.4, 0.5) is 0 Å². The molecule has 0 saturated carbocycles. The Kier molecular flexibility index (Phi) is 9.02. The summed E-state index contributed by atoms with van der Waals surface area (Å²) in [5.74, 6) is 0. The number of aryl methyl sites for hydroxylation is 1. The van der Waals surface area contributed by atoms with Crippen LogP contribution in [-0.4, -0.2) is 62.3 Å². The van der Waals surface area contributed by atoms with E-state index in [1.165, 1.54) is 63.0 Å². The molecule has 1 aliphatic rings. The molecule has 2 aromatic carbocycles. The van der Waals surface area contributed by atoms with E-state index < -0.39 is 0 Å². The largest absolute Gasteiger partial charge is 0.383 e. The topological polar surface area (TPSA) is 15.7 Å². The predicted molar refractivity (Wildman–Crippen MR) is 118 cm³/mol. The molecule has 3 nitrogen and oxygen atoms in total. The molecule has 1 heterocycles. The molecule has 1 aliphatic heterocycles. The summed E-state index contributed by atoms with van der Waals surface area (Å²) in [5.41, 5.74) is 2.90. The number of hydrogen-bond donors (Lipinski definition) is 0. The number of nitrogens with zero attached hydrogens (tertiary/aromatic N) is 2. The van der Waals surface area contributed by atoms with E-state index in [0.717, 1.165) is 19.6 Å². The fourth-order valence-electron chi connectivity index (χ4n) is 4.26. The molecule has 0 spiro atoms. The van der Waals surface area contributed by atoms with Gasteiger partial charge in [-0.25, -0.2) is 0 Å². The van der Waals surface area contributed by atoms with Crippen LogP contribution in [0.25, 0.3) is 0 Å². The summed E-state index contributed by atoms with van der Waals surface area (Å²) in [6, 6.07) is 22.4. The van der Waals surface area contributed by atoms with Gasteiger partial charge >= 0.3 is 0 Å². The van der Waals surface area contributed by atoms with Gasteiger partial charge in [0.2, 0.25) is 0 Å². The fourth-order valence-corrected chi connectivity index (χ4v) is 4.26. The zero-order valence-corrected chi connectivity index (χ0v) is 17.4. The average Bonchev–Trinajstić information content (AvgIpc) is 2.76. The first-order valence-corrected chi connectivity index (χ1v) is 10.9. The van der Waals surface area contributed by atoms with Crippen molar-refractivity contribution in [1.82, 2.24) is 9.80 Å². The van der Waals surface area contributed by atoms with Gasteiger partial charge in [0.1, 0.15) is 0 Å². The highest BCUT2D eigenvalue weighted by Gasteiger charge is 2.24. The minimum Gasteiger partial charge on any atom is -0.383 e. The predicted octanol–water partition coefficient (Wildman–Crippen LogP) is 4.27. The maximum Gasteiger partial charge on any atom is 0.0589 e. The number of rotatable bonds is 11. The maximum absolute atomic E-state index is 5.38. The average molecular weight is 381 g/mol. The molecule has 0 aromatic heterocycles. The lowest BCUT2D eigenvalue weighted by Crippen LogP contribution is -2.46. The van der Waals surface area contributed by atoms with Crippen LogP contribution in [0.1, 0.15) is 30.4 Å². The second kappa shape index (κ2) is 12.0. The molecule has 0 atom stereocenters. The Labute approximate surface area is 171 Å². The van der Waals surface area contributed by atoms with E-state index in [-0.39, 0.29) is 0 Å². The molecule has 0 N–H and O–H groups in total. The molecular weight excluding hydrogens is 344 g/mol. The van der Waals surface area contributed by atoms with Gasteiger partial charge in [-0.15, -0.1) is 0 Å². The highest BCUT2D eigenvalue weighted by molar-refractivity contribution is 5.15. The van der Waals surface area contributed by atoms with Crippen LogP contribution in [-0.2, 0) is 17.6 Å². The highest BCUT2D eigenvalue weighted by Crippen LogP contribution is 2.18. The van der Waals surface area contributed by atoms with Crippen molar-refractivity contribution in [2.24, 2.45) is 0 Å². The molecule has 28 heavy (non-hydrogen) atoms. The second-order valence-electron chi connectivity index (χ2n) is 7.93. The normalized spacial score (nSPS) is 15.9. The Hall–Kier alpha value is -1.68. The quantitative estimate of drug-likeness (QED) is 0.579. The lowest BCUT2D eigenvalue weighted by atomic mass is 10.0. The van der Waals surface area contributed by atoms with Crippen molar-refractivity contribution in [2.45, 2.75) is 38.1 Å². The summed E-state index contributed by atoms with van der Waals surface area (Å²) >= 11 is 0. The van der Waals surface area contributed by atoms with E-state index in [0.29, 0.717) is 6.04 Å². The Morgan fingerprint density at radius 1 is 0.857 bits per heavy atom. The van der Waals surface area contributed by atoms with Crippen LogP contribution >= 0.6 is 0 Å². The molecule has 0 radical (unpaired) electrons. The fraction of sp³-hybridized carbons (Fsp3) is 0.520. The van der Waals surface area contributed by atoms with Crippen molar-refractivity contribution in [3.63, 3.8) is 0 Å². The molecule has 3 rings (SSSR count). The summed E-state index contributed by atoms with van der Waals surface area (Å²) < 4.78 is 5.38. The molecule has 1 fully saturated rings. The number of hydrogen-bond acceptors (Lipinski definition) is 3. The van der Waals surface area contributed by atoms with Gasteiger partial charge in [0.05, 0.1) is 6.61 Å². The molecule has 3 heteroatoms. The third-order valence-electron chi connectivity index (χ3n) is 5.97. The third kappa shape index (κ3) is 7.05. The Morgan fingerprint density at radius 2 is 1.46 bits per heavy atom. The molecule has 152 valence electrons. The number of piperidine rings is 1. The van der Waals surface area contributed by atoms with Gasteiger partial charge in [0.25, 0.3) is 0 Å². The van der Waals surface area contributed by atoms with Crippen molar-refractivity contribution in [1.29, 1.82) is 0 Å². The van der Waals surface area contributed by atoms with Crippen LogP contribution < -0.4 is 0 Å². The SMILES string of the molecule is COCCN(CCCc1ccccc1)C1CCN(CCc2ccccc2)CC1. The summed E-state index contributed by atoms with van der Waals surface area (Å²) in [6.45, 7) is 6.69. The van der Waals surface area contributed by atoms with Crippen LogP contribution in [0.2, 0.25) is 0 Å². The van der Waals surface area contributed by atoms with Crippen LogP contribution in [0.5, 0.6) is 0 Å². The standard InChI is InChI=1S/C25H36N2O/c1-28-22-21-27(17-8-13-23-9-4-2-5-10-23)25-15-19-26(20-16-25)18-14-24-11-6-3-7-12-24/h2-7,9-12,25H,8,13-22H2,1H3. The van der Waals surface area contributed by atoms with Crippen LogP contribution in [0, 0.1) is 0 Å². The lowest BCUT2D eigenvalue weighted by molar-refractivity contribution is 0.0784. The van der Waals surface area contributed by atoms with Gasteiger partial charge in [-0.2, -0.15) is 0 Å². The third-order valence-corrected chi connectivity index (χ3v) is 5.97. The lowest BCUT2D eigenvalue weighted by Gasteiger charge is -2.38. The smallest absolute Gasteiger partial charge is 0.0589 e. The van der Waals surface area contributed by atoms with Crippen molar-refractivity contribution in [3.8, 4) is 0 Å². The number of ether oxygens (including phenoxy) is 1. The molecule has 0 amide bonds. The number of methoxy groups -OCH3 is 1. The zero-order chi connectivity index (χ0) is 19.4. The Bertz CT molecular complexity index is 638. The van der Waals surface area contributed by atoms with Crippen molar-refractivity contribution in [3.05, 3.63) is 71.8 Å². The van der Waals surface area contributed by atoms with E-state index >= 15 is 0 Å². The Balaban J connectivity index is 1.41. The number of likely N-dealkylation sites (tertiary alicyclic amines) is 1. The van der Waals surface area contributed by atoms with Gasteiger partial charge < -0.3 is 9.64 Å². The van der Waals surface area contributed by atoms with Crippen molar-refractivity contribution >= 4 is 0 Å². The summed E-state index contributed by atoms with van der Waals surface area (Å²) in [5, 5.41) is 0. The monoisotopic (exact) mass is 380 g/mol. The van der Waals surface area contributed by atoms with E-state index in [4.69, 9.17) is 4.74 Å². The van der Waals surface area contributed by atoms with Gasteiger partial charge in [-0.05, 0) is 62.9 Å². The molecule has 1 saturated heterocycles. The molecule has 0 unspecified atom stereocenters. The van der Waals surface area contributed by atoms with Gasteiger partial charge in [0.15, 0.2) is 0 Å². The summed E-state index contributed by atoms with van der Waals surface area (Å²) in [7, 11) is 1.81. The van der Waals surface area contributed by atoms with E-state index in [1.807, 2.05) is 7.11 Å². The second-order valence-corrected chi connectivity index (χ2v) is 7.93. The van der Waals surface area contributed by atoms with E-state index in [1.54, 1.807) is 0 Å². The zero-order valence-electron chi connectivity index (χ0n) is 17.4. The minimum absolute atomic E-state index is 0.707. The van der Waals surface area contributed by atoms with Gasteiger partial charge in [0, 0.05) is 26.2 Å². The maximum atomic E-state index is 5.38. The first-order chi connectivity index (χ1) is 13.8. The first-order valence-electron chi connectivity index (χ1n) is 10.9. The van der Waals surface area contributed by atoms with Crippen LogP contribution in [0.3, 0.4) is 0 Å². The van der Waals surface area contributed by atoms with Gasteiger partial charge in [-0.1, -0.05) is 60.7 Å². The van der Waals surface area contributed by atoms with E-state index in [2.05, 4.69) is 70.5 Å². The van der Waals surface area contributed by atoms with Crippen molar-refractivity contribution < 1.29 is 4.74 Å². The van der Waals surface area contributed by atoms with Crippen LogP contribution in [0.15, 0.2) is 60.7 Å². The minimum atomic E-state index is 0.707. The molecule has 0 aliphatic carbocycles. The molecule has 0 bridgehead atoms. The molecular formula is C25H36N2O. The van der Waals surface area contributed by atoms with Crippen molar-refractivity contribution in [2.75, 3.05) is 46.4 Å².